The van der Waals surface area contributed by atoms with Crippen molar-refractivity contribution in [3.63, 3.8) is 0 Å². The maximum absolute atomic E-state index is 11.8. The van der Waals surface area contributed by atoms with Gasteiger partial charge in [0.1, 0.15) is 5.75 Å². The molecule has 0 aliphatic heterocycles. The number of rotatable bonds is 3. The molecule has 0 aromatic heterocycles. The number of nitrogens with zero attached hydrogens (tertiary/aromatic N) is 1. The second kappa shape index (κ2) is 5.90. The summed E-state index contributed by atoms with van der Waals surface area (Å²) in [6.07, 6.45) is 0. The Balaban J connectivity index is 2.14. The van der Waals surface area contributed by atoms with E-state index in [9.17, 15) is 14.9 Å². The quantitative estimate of drug-likeness (QED) is 0.370. The number of nitro benzene ring substituents is 1. The third-order valence-corrected chi connectivity index (χ3v) is 3.15. The maximum atomic E-state index is 11.8. The number of halogens is 2. The molecule has 0 amide bonds. The summed E-state index contributed by atoms with van der Waals surface area (Å²) in [7, 11) is 0. The fourth-order valence-corrected chi connectivity index (χ4v) is 1.72. The highest BCUT2D eigenvalue weighted by molar-refractivity contribution is 6.42. The summed E-state index contributed by atoms with van der Waals surface area (Å²) < 4.78 is 5.07. The van der Waals surface area contributed by atoms with Gasteiger partial charge < -0.3 is 4.74 Å². The van der Waals surface area contributed by atoms with Crippen LogP contribution in [0.4, 0.5) is 5.69 Å². The normalized spacial score (nSPS) is 10.1. The first kappa shape index (κ1) is 14.3. The van der Waals surface area contributed by atoms with E-state index in [4.69, 9.17) is 27.9 Å². The largest absolute Gasteiger partial charge is 0.423 e. The highest BCUT2D eigenvalue weighted by Crippen LogP contribution is 2.24. The monoisotopic (exact) mass is 311 g/mol. The second-order valence-electron chi connectivity index (χ2n) is 3.77. The van der Waals surface area contributed by atoms with Gasteiger partial charge in [-0.05, 0) is 30.3 Å². The Bertz CT molecular complexity index is 671. The molecule has 102 valence electrons. The molecule has 20 heavy (non-hydrogen) atoms. The summed E-state index contributed by atoms with van der Waals surface area (Å²) >= 11 is 11.5. The van der Waals surface area contributed by atoms with Crippen LogP contribution < -0.4 is 4.74 Å². The molecular formula is C13H7Cl2NO4. The first-order valence-corrected chi connectivity index (χ1v) is 6.14. The van der Waals surface area contributed by atoms with Gasteiger partial charge in [-0.1, -0.05) is 23.2 Å². The van der Waals surface area contributed by atoms with Gasteiger partial charge in [-0.3, -0.25) is 10.1 Å². The van der Waals surface area contributed by atoms with Gasteiger partial charge in [-0.2, -0.15) is 0 Å². The van der Waals surface area contributed by atoms with Crippen molar-refractivity contribution in [3.8, 4) is 5.75 Å². The molecule has 0 saturated carbocycles. The summed E-state index contributed by atoms with van der Waals surface area (Å²) in [5, 5.41) is 11.1. The molecule has 0 spiro atoms. The summed E-state index contributed by atoms with van der Waals surface area (Å²) in [5.74, 6) is -0.427. The zero-order chi connectivity index (χ0) is 14.7. The number of benzene rings is 2. The standard InChI is InChI=1S/C13H7Cl2NO4/c14-11-6-1-8(7-12(11)15)13(17)20-10-4-2-9(3-5-10)16(18)19/h1-7H. The van der Waals surface area contributed by atoms with Crippen LogP contribution in [0, 0.1) is 10.1 Å². The Morgan fingerprint density at radius 1 is 1.05 bits per heavy atom. The average Bonchev–Trinajstić information content (AvgIpc) is 2.42. The molecule has 0 unspecified atom stereocenters. The van der Waals surface area contributed by atoms with Crippen LogP contribution in [0.1, 0.15) is 10.4 Å². The smallest absolute Gasteiger partial charge is 0.343 e. The number of carbonyl (C=O) groups is 1. The van der Waals surface area contributed by atoms with Crippen molar-refractivity contribution in [2.24, 2.45) is 0 Å². The van der Waals surface area contributed by atoms with E-state index in [1.54, 1.807) is 0 Å². The summed E-state index contributed by atoms with van der Waals surface area (Å²) in [5.41, 5.74) is 0.150. The van der Waals surface area contributed by atoms with Gasteiger partial charge in [0, 0.05) is 12.1 Å². The molecule has 0 radical (unpaired) electrons. The summed E-state index contributed by atoms with van der Waals surface area (Å²) in [6, 6.07) is 9.52. The van der Waals surface area contributed by atoms with Crippen molar-refractivity contribution in [2.45, 2.75) is 0 Å². The highest BCUT2D eigenvalue weighted by Gasteiger charge is 2.12. The van der Waals surface area contributed by atoms with Crippen molar-refractivity contribution in [1.29, 1.82) is 0 Å². The number of non-ortho nitro benzene ring substituents is 1. The van der Waals surface area contributed by atoms with Gasteiger partial charge in [-0.25, -0.2) is 4.79 Å². The SMILES string of the molecule is O=C(Oc1ccc([N+](=O)[O-])cc1)c1ccc(Cl)c(Cl)c1. The van der Waals surface area contributed by atoms with Crippen LogP contribution >= 0.6 is 23.2 Å². The van der Waals surface area contributed by atoms with Crippen molar-refractivity contribution in [1.82, 2.24) is 0 Å². The molecule has 0 aliphatic rings. The number of ether oxygens (including phenoxy) is 1. The Labute approximate surface area is 123 Å². The highest BCUT2D eigenvalue weighted by atomic mass is 35.5. The van der Waals surface area contributed by atoms with Gasteiger partial charge in [0.15, 0.2) is 0 Å². The molecular weight excluding hydrogens is 305 g/mol. The van der Waals surface area contributed by atoms with E-state index in [1.807, 2.05) is 0 Å². The lowest BCUT2D eigenvalue weighted by Gasteiger charge is -2.05. The maximum Gasteiger partial charge on any atom is 0.343 e. The number of esters is 1. The number of hydrogen-bond acceptors (Lipinski definition) is 4. The number of carbonyl (C=O) groups excluding carboxylic acids is 1. The Morgan fingerprint density at radius 2 is 1.70 bits per heavy atom. The van der Waals surface area contributed by atoms with Crippen LogP contribution in [-0.2, 0) is 0 Å². The van der Waals surface area contributed by atoms with E-state index in [1.165, 1.54) is 42.5 Å². The molecule has 0 atom stereocenters. The summed E-state index contributed by atoms with van der Waals surface area (Å²) in [6.45, 7) is 0. The second-order valence-corrected chi connectivity index (χ2v) is 4.58. The Kier molecular flexibility index (Phi) is 4.22. The van der Waals surface area contributed by atoms with E-state index >= 15 is 0 Å². The van der Waals surface area contributed by atoms with Crippen LogP contribution in [0.25, 0.3) is 0 Å². The predicted molar refractivity (Wildman–Crippen MR) is 74.5 cm³/mol. The minimum atomic E-state index is -0.627. The first-order valence-electron chi connectivity index (χ1n) is 5.39. The topological polar surface area (TPSA) is 69.4 Å². The van der Waals surface area contributed by atoms with E-state index in [0.717, 1.165) is 0 Å². The van der Waals surface area contributed by atoms with Crippen molar-refractivity contribution in [3.05, 3.63) is 68.2 Å². The van der Waals surface area contributed by atoms with Crippen LogP contribution in [0.2, 0.25) is 10.0 Å². The van der Waals surface area contributed by atoms with Gasteiger partial charge in [0.05, 0.1) is 20.5 Å². The molecule has 0 heterocycles. The van der Waals surface area contributed by atoms with Crippen LogP contribution in [0.3, 0.4) is 0 Å². The van der Waals surface area contributed by atoms with Crippen LogP contribution in [-0.4, -0.2) is 10.9 Å². The van der Waals surface area contributed by atoms with Crippen molar-refractivity contribution < 1.29 is 14.5 Å². The first-order chi connectivity index (χ1) is 9.47. The third kappa shape index (κ3) is 3.26. The minimum Gasteiger partial charge on any atom is -0.423 e. The van der Waals surface area contributed by atoms with E-state index in [-0.39, 0.29) is 22.0 Å². The molecule has 0 aliphatic carbocycles. The molecule has 7 heteroatoms. The molecule has 2 aromatic rings. The van der Waals surface area contributed by atoms with Gasteiger partial charge in [-0.15, -0.1) is 0 Å². The van der Waals surface area contributed by atoms with Gasteiger partial charge in [0.2, 0.25) is 0 Å². The predicted octanol–water partition coefficient (Wildman–Crippen LogP) is 4.12. The van der Waals surface area contributed by atoms with Gasteiger partial charge >= 0.3 is 5.97 Å². The van der Waals surface area contributed by atoms with Crippen molar-refractivity contribution in [2.75, 3.05) is 0 Å². The lowest BCUT2D eigenvalue weighted by Crippen LogP contribution is -2.08. The van der Waals surface area contributed by atoms with Crippen LogP contribution in [0.5, 0.6) is 5.75 Å². The number of nitro groups is 1. The van der Waals surface area contributed by atoms with Crippen LogP contribution in [0.15, 0.2) is 42.5 Å². The molecule has 2 aromatic carbocycles. The van der Waals surface area contributed by atoms with Crippen molar-refractivity contribution >= 4 is 34.9 Å². The molecule has 5 nitrogen and oxygen atoms in total. The summed E-state index contributed by atoms with van der Waals surface area (Å²) in [4.78, 5) is 21.8. The van der Waals surface area contributed by atoms with E-state index in [2.05, 4.69) is 0 Å². The Hall–Kier alpha value is -2.11. The van der Waals surface area contributed by atoms with E-state index in [0.29, 0.717) is 5.02 Å². The third-order valence-electron chi connectivity index (χ3n) is 2.41. The molecule has 2 rings (SSSR count). The van der Waals surface area contributed by atoms with E-state index < -0.39 is 10.9 Å². The molecule has 0 bridgehead atoms. The lowest BCUT2D eigenvalue weighted by atomic mass is 10.2. The Morgan fingerprint density at radius 3 is 2.25 bits per heavy atom. The molecule has 0 fully saturated rings. The minimum absolute atomic E-state index is 0.0839. The average molecular weight is 312 g/mol. The zero-order valence-electron chi connectivity index (χ0n) is 9.88. The van der Waals surface area contributed by atoms with Gasteiger partial charge in [0.25, 0.3) is 5.69 Å². The number of hydrogen-bond donors (Lipinski definition) is 0. The fraction of sp³-hybridized carbons (Fsp3) is 0. The lowest BCUT2D eigenvalue weighted by molar-refractivity contribution is -0.384. The fourth-order valence-electron chi connectivity index (χ4n) is 1.42. The molecule has 0 saturated heterocycles. The molecule has 0 N–H and O–H groups in total. The zero-order valence-corrected chi connectivity index (χ0v) is 11.4.